The van der Waals surface area contributed by atoms with E-state index in [1.807, 2.05) is 4.90 Å². The molecule has 20 heavy (non-hydrogen) atoms. The smallest absolute Gasteiger partial charge is 0.251 e. The minimum absolute atomic E-state index is 0.0196. The molecule has 0 atom stereocenters. The average Bonchev–Trinajstić information content (AvgIpc) is 2.44. The monoisotopic (exact) mass is 278 g/mol. The van der Waals surface area contributed by atoms with E-state index in [1.165, 1.54) is 16.8 Å². The quantitative estimate of drug-likeness (QED) is 0.840. The SMILES string of the molecule is CCCN1CCN(C(=O)Cn2cc(N)ccc2=O)CC1. The summed E-state index contributed by atoms with van der Waals surface area (Å²) in [5, 5.41) is 0. The van der Waals surface area contributed by atoms with Crippen LogP contribution < -0.4 is 11.3 Å². The predicted octanol–water partition coefficient (Wildman–Crippen LogP) is -0.0153. The van der Waals surface area contributed by atoms with Gasteiger partial charge in [-0.15, -0.1) is 0 Å². The molecule has 1 aromatic rings. The molecule has 0 unspecified atom stereocenters. The minimum Gasteiger partial charge on any atom is -0.398 e. The van der Waals surface area contributed by atoms with Crippen molar-refractivity contribution in [1.29, 1.82) is 0 Å². The molecule has 1 saturated heterocycles. The highest BCUT2D eigenvalue weighted by atomic mass is 16.2. The van der Waals surface area contributed by atoms with E-state index in [0.29, 0.717) is 5.69 Å². The summed E-state index contributed by atoms with van der Waals surface area (Å²) in [5.74, 6) is -0.0196. The zero-order valence-electron chi connectivity index (χ0n) is 11.9. The van der Waals surface area contributed by atoms with Gasteiger partial charge >= 0.3 is 0 Å². The van der Waals surface area contributed by atoms with E-state index < -0.39 is 0 Å². The lowest BCUT2D eigenvalue weighted by Gasteiger charge is -2.34. The third-order valence-electron chi connectivity index (χ3n) is 3.58. The Morgan fingerprint density at radius 1 is 1.25 bits per heavy atom. The molecule has 2 rings (SSSR count). The van der Waals surface area contributed by atoms with E-state index in [9.17, 15) is 9.59 Å². The van der Waals surface area contributed by atoms with Gasteiger partial charge in [-0.1, -0.05) is 6.92 Å². The number of pyridine rings is 1. The highest BCUT2D eigenvalue weighted by Gasteiger charge is 2.20. The summed E-state index contributed by atoms with van der Waals surface area (Å²) in [6.45, 7) is 6.58. The fourth-order valence-electron chi connectivity index (χ4n) is 2.46. The lowest BCUT2D eigenvalue weighted by molar-refractivity contribution is -0.133. The van der Waals surface area contributed by atoms with Gasteiger partial charge in [0.25, 0.3) is 5.56 Å². The molecule has 1 aromatic heterocycles. The van der Waals surface area contributed by atoms with Crippen LogP contribution in [0.25, 0.3) is 0 Å². The number of hydrogen-bond acceptors (Lipinski definition) is 4. The van der Waals surface area contributed by atoms with Crippen LogP contribution in [0.1, 0.15) is 13.3 Å². The Labute approximate surface area is 118 Å². The fraction of sp³-hybridized carbons (Fsp3) is 0.571. The van der Waals surface area contributed by atoms with E-state index >= 15 is 0 Å². The van der Waals surface area contributed by atoms with Crippen LogP contribution in [0.2, 0.25) is 0 Å². The second-order valence-corrected chi connectivity index (χ2v) is 5.15. The maximum absolute atomic E-state index is 12.2. The van der Waals surface area contributed by atoms with Gasteiger partial charge in [0.15, 0.2) is 0 Å². The molecule has 0 aliphatic carbocycles. The van der Waals surface area contributed by atoms with E-state index in [4.69, 9.17) is 5.73 Å². The topological polar surface area (TPSA) is 71.6 Å². The van der Waals surface area contributed by atoms with Gasteiger partial charge in [-0.05, 0) is 19.0 Å². The number of piperazine rings is 1. The van der Waals surface area contributed by atoms with Crippen molar-refractivity contribution >= 4 is 11.6 Å². The maximum Gasteiger partial charge on any atom is 0.251 e. The van der Waals surface area contributed by atoms with Crippen LogP contribution in [-0.2, 0) is 11.3 Å². The second-order valence-electron chi connectivity index (χ2n) is 5.15. The van der Waals surface area contributed by atoms with Gasteiger partial charge in [0.1, 0.15) is 6.54 Å². The van der Waals surface area contributed by atoms with Gasteiger partial charge in [-0.2, -0.15) is 0 Å². The molecule has 0 bridgehead atoms. The zero-order chi connectivity index (χ0) is 14.5. The van der Waals surface area contributed by atoms with Crippen molar-refractivity contribution in [1.82, 2.24) is 14.4 Å². The summed E-state index contributed by atoms with van der Waals surface area (Å²) in [6.07, 6.45) is 2.65. The van der Waals surface area contributed by atoms with Gasteiger partial charge in [0.2, 0.25) is 5.91 Å². The molecule has 1 aliphatic heterocycles. The third kappa shape index (κ3) is 3.60. The van der Waals surface area contributed by atoms with Crippen molar-refractivity contribution in [3.8, 4) is 0 Å². The molecule has 1 aliphatic rings. The lowest BCUT2D eigenvalue weighted by atomic mass is 10.3. The summed E-state index contributed by atoms with van der Waals surface area (Å²) < 4.78 is 1.37. The number of anilines is 1. The van der Waals surface area contributed by atoms with Gasteiger partial charge in [-0.3, -0.25) is 14.5 Å². The van der Waals surface area contributed by atoms with Crippen LogP contribution in [0.4, 0.5) is 5.69 Å². The molecule has 6 nitrogen and oxygen atoms in total. The second kappa shape index (κ2) is 6.56. The van der Waals surface area contributed by atoms with Crippen molar-refractivity contribution < 1.29 is 4.79 Å². The van der Waals surface area contributed by atoms with Crippen molar-refractivity contribution in [2.24, 2.45) is 0 Å². The molecular weight excluding hydrogens is 256 g/mol. The number of carbonyl (C=O) groups is 1. The normalized spacial score (nSPS) is 16.4. The third-order valence-corrected chi connectivity index (χ3v) is 3.58. The Hall–Kier alpha value is -1.82. The molecule has 0 radical (unpaired) electrons. The summed E-state index contributed by atoms with van der Waals surface area (Å²) in [6, 6.07) is 2.94. The van der Waals surface area contributed by atoms with E-state index in [1.54, 1.807) is 6.07 Å². The fourth-order valence-corrected chi connectivity index (χ4v) is 2.46. The summed E-state index contributed by atoms with van der Waals surface area (Å²) in [5.41, 5.74) is 5.94. The highest BCUT2D eigenvalue weighted by Crippen LogP contribution is 2.04. The van der Waals surface area contributed by atoms with Crippen molar-refractivity contribution in [3.63, 3.8) is 0 Å². The first-order chi connectivity index (χ1) is 9.60. The number of aromatic nitrogens is 1. The number of nitrogens with two attached hydrogens (primary N) is 1. The number of carbonyl (C=O) groups excluding carboxylic acids is 1. The molecule has 0 spiro atoms. The van der Waals surface area contributed by atoms with Crippen LogP contribution >= 0.6 is 0 Å². The van der Waals surface area contributed by atoms with Crippen LogP contribution in [-0.4, -0.2) is 53.0 Å². The van der Waals surface area contributed by atoms with Gasteiger partial charge in [-0.25, -0.2) is 0 Å². The van der Waals surface area contributed by atoms with Gasteiger partial charge in [0, 0.05) is 44.1 Å². The Kier molecular flexibility index (Phi) is 4.79. The van der Waals surface area contributed by atoms with Crippen molar-refractivity contribution in [2.75, 3.05) is 38.5 Å². The zero-order valence-corrected chi connectivity index (χ0v) is 11.9. The largest absolute Gasteiger partial charge is 0.398 e. The molecule has 1 fully saturated rings. The Morgan fingerprint density at radius 2 is 1.95 bits per heavy atom. The standard InChI is InChI=1S/C14H22N4O2/c1-2-5-16-6-8-17(9-7-16)14(20)11-18-10-12(15)3-4-13(18)19/h3-4,10H,2,5-9,11,15H2,1H3. The number of amides is 1. The van der Waals surface area contributed by atoms with Crippen LogP contribution in [0.5, 0.6) is 0 Å². The van der Waals surface area contributed by atoms with Crippen molar-refractivity contribution in [2.45, 2.75) is 19.9 Å². The summed E-state index contributed by atoms with van der Waals surface area (Å²) in [4.78, 5) is 28.0. The van der Waals surface area contributed by atoms with Gasteiger partial charge in [0.05, 0.1) is 0 Å². The van der Waals surface area contributed by atoms with Crippen LogP contribution in [0.15, 0.2) is 23.1 Å². The first kappa shape index (κ1) is 14.6. The molecule has 2 heterocycles. The Morgan fingerprint density at radius 3 is 2.60 bits per heavy atom. The molecule has 1 amide bonds. The van der Waals surface area contributed by atoms with Crippen molar-refractivity contribution in [3.05, 3.63) is 28.7 Å². The van der Waals surface area contributed by atoms with Crippen LogP contribution in [0.3, 0.4) is 0 Å². The Bertz CT molecular complexity index is 518. The van der Waals surface area contributed by atoms with E-state index in [-0.39, 0.29) is 18.0 Å². The number of nitrogens with zero attached hydrogens (tertiary/aromatic N) is 3. The van der Waals surface area contributed by atoms with E-state index in [2.05, 4.69) is 11.8 Å². The summed E-state index contributed by atoms with van der Waals surface area (Å²) >= 11 is 0. The number of rotatable bonds is 4. The maximum atomic E-state index is 12.2. The highest BCUT2D eigenvalue weighted by molar-refractivity contribution is 5.76. The predicted molar refractivity (Wildman–Crippen MR) is 78.4 cm³/mol. The van der Waals surface area contributed by atoms with Gasteiger partial charge < -0.3 is 15.2 Å². The first-order valence-corrected chi connectivity index (χ1v) is 7.06. The number of hydrogen-bond donors (Lipinski definition) is 1. The van der Waals surface area contributed by atoms with Crippen LogP contribution in [0, 0.1) is 0 Å². The molecule has 0 saturated carbocycles. The molecule has 2 N–H and O–H groups in total. The lowest BCUT2D eigenvalue weighted by Crippen LogP contribution is -2.50. The molecule has 6 heteroatoms. The number of nitrogen functional groups attached to an aromatic ring is 1. The average molecular weight is 278 g/mol. The molecular formula is C14H22N4O2. The molecule has 0 aromatic carbocycles. The van der Waals surface area contributed by atoms with E-state index in [0.717, 1.165) is 39.1 Å². The first-order valence-electron chi connectivity index (χ1n) is 7.06. The molecule has 110 valence electrons. The summed E-state index contributed by atoms with van der Waals surface area (Å²) in [7, 11) is 0. The minimum atomic E-state index is -0.197. The Balaban J connectivity index is 1.93.